The van der Waals surface area contributed by atoms with Gasteiger partial charge >= 0.3 is 0 Å². The standard InChI is InChI=1S/C25H23N3O4/c29-23(15-28-20-6-2-4-18-3-1-5-19(24(18)20)25(28)30)27-11-9-26(10-12-27)14-17-7-8-21-22(13-17)32-16-31-21/h1-8,13H,9-12,14-16H2/p+1. The van der Waals surface area contributed by atoms with E-state index in [1.54, 1.807) is 4.90 Å². The Bertz CT molecular complexity index is 1230. The number of amides is 2. The van der Waals surface area contributed by atoms with Crippen molar-refractivity contribution in [2.75, 3.05) is 44.4 Å². The molecule has 7 heteroatoms. The van der Waals surface area contributed by atoms with Crippen molar-refractivity contribution in [2.24, 2.45) is 0 Å². The number of piperazine rings is 1. The molecule has 3 aromatic carbocycles. The normalized spacial score (nSPS) is 17.4. The van der Waals surface area contributed by atoms with Crippen molar-refractivity contribution in [3.05, 3.63) is 65.7 Å². The average molecular weight is 430 g/mol. The quantitative estimate of drug-likeness (QED) is 0.681. The molecule has 6 rings (SSSR count). The van der Waals surface area contributed by atoms with E-state index in [1.807, 2.05) is 53.4 Å². The maximum Gasteiger partial charge on any atom is 0.259 e. The smallest absolute Gasteiger partial charge is 0.259 e. The van der Waals surface area contributed by atoms with E-state index in [9.17, 15) is 9.59 Å². The van der Waals surface area contributed by atoms with Crippen LogP contribution in [-0.2, 0) is 11.3 Å². The van der Waals surface area contributed by atoms with Gasteiger partial charge in [-0.15, -0.1) is 0 Å². The van der Waals surface area contributed by atoms with Gasteiger partial charge in [0.05, 0.1) is 31.9 Å². The van der Waals surface area contributed by atoms with Crippen LogP contribution in [0.4, 0.5) is 5.69 Å². The molecule has 0 bridgehead atoms. The lowest BCUT2D eigenvalue weighted by Gasteiger charge is -2.33. The van der Waals surface area contributed by atoms with Gasteiger partial charge in [-0.1, -0.05) is 24.3 Å². The molecule has 1 N–H and O–H groups in total. The van der Waals surface area contributed by atoms with Crippen LogP contribution >= 0.6 is 0 Å². The summed E-state index contributed by atoms with van der Waals surface area (Å²) in [5, 5.41) is 1.98. The Balaban J connectivity index is 1.09. The molecule has 0 radical (unpaired) electrons. The van der Waals surface area contributed by atoms with Crippen LogP contribution in [-0.4, -0.2) is 56.2 Å². The van der Waals surface area contributed by atoms with Gasteiger partial charge in [0.15, 0.2) is 11.5 Å². The minimum absolute atomic E-state index is 0.00490. The van der Waals surface area contributed by atoms with Gasteiger partial charge < -0.3 is 19.3 Å². The molecule has 0 saturated carbocycles. The summed E-state index contributed by atoms with van der Waals surface area (Å²) in [4.78, 5) is 31.0. The second-order valence-corrected chi connectivity index (χ2v) is 8.57. The number of rotatable bonds is 4. The first-order chi connectivity index (χ1) is 15.7. The third-order valence-electron chi connectivity index (χ3n) is 6.66. The van der Waals surface area contributed by atoms with Gasteiger partial charge in [0, 0.05) is 16.5 Å². The Kier molecular flexibility index (Phi) is 4.50. The summed E-state index contributed by atoms with van der Waals surface area (Å²) in [5.74, 6) is 1.53. The van der Waals surface area contributed by atoms with Gasteiger partial charge in [-0.2, -0.15) is 0 Å². The Morgan fingerprint density at radius 1 is 0.969 bits per heavy atom. The van der Waals surface area contributed by atoms with Crippen molar-refractivity contribution in [1.29, 1.82) is 0 Å². The molecule has 2 amide bonds. The van der Waals surface area contributed by atoms with Crippen molar-refractivity contribution < 1.29 is 24.0 Å². The fraction of sp³-hybridized carbons (Fsp3) is 0.280. The molecule has 32 heavy (non-hydrogen) atoms. The molecule has 1 saturated heterocycles. The minimum atomic E-state index is -0.0859. The minimum Gasteiger partial charge on any atom is -0.454 e. The zero-order valence-corrected chi connectivity index (χ0v) is 17.7. The van der Waals surface area contributed by atoms with E-state index in [1.165, 1.54) is 10.5 Å². The molecule has 3 aliphatic heterocycles. The van der Waals surface area contributed by atoms with Crippen LogP contribution in [0, 0.1) is 0 Å². The largest absolute Gasteiger partial charge is 0.454 e. The highest BCUT2D eigenvalue weighted by Gasteiger charge is 2.33. The van der Waals surface area contributed by atoms with Crippen LogP contribution in [0.3, 0.4) is 0 Å². The third-order valence-corrected chi connectivity index (χ3v) is 6.66. The van der Waals surface area contributed by atoms with E-state index in [-0.39, 0.29) is 25.2 Å². The Labute approximate surface area is 185 Å². The van der Waals surface area contributed by atoms with Crippen LogP contribution < -0.4 is 19.3 Å². The predicted molar refractivity (Wildman–Crippen MR) is 119 cm³/mol. The Morgan fingerprint density at radius 2 is 1.75 bits per heavy atom. The monoisotopic (exact) mass is 430 g/mol. The topological polar surface area (TPSA) is 63.5 Å². The van der Waals surface area contributed by atoms with Gasteiger partial charge in [-0.25, -0.2) is 0 Å². The summed E-state index contributed by atoms with van der Waals surface area (Å²) in [5.41, 5.74) is 2.73. The molecular weight excluding hydrogens is 406 g/mol. The van der Waals surface area contributed by atoms with E-state index in [4.69, 9.17) is 9.47 Å². The van der Waals surface area contributed by atoms with Crippen LogP contribution in [0.25, 0.3) is 10.8 Å². The first-order valence-corrected chi connectivity index (χ1v) is 11.0. The fourth-order valence-corrected chi connectivity index (χ4v) is 4.96. The molecule has 162 valence electrons. The first-order valence-electron chi connectivity index (χ1n) is 11.0. The summed E-state index contributed by atoms with van der Waals surface area (Å²) in [6, 6.07) is 17.7. The number of fused-ring (bicyclic) bond motifs is 1. The van der Waals surface area contributed by atoms with E-state index < -0.39 is 0 Å². The van der Waals surface area contributed by atoms with E-state index in [0.717, 1.165) is 47.6 Å². The maximum atomic E-state index is 13.1. The SMILES string of the molecule is O=C(CN1C(=O)c2cccc3cccc1c23)N1CC[NH+](Cc2ccc3c(c2)OCO3)CC1. The molecule has 3 aromatic rings. The zero-order valence-electron chi connectivity index (χ0n) is 17.7. The van der Waals surface area contributed by atoms with Crippen molar-refractivity contribution >= 4 is 28.3 Å². The van der Waals surface area contributed by atoms with Crippen LogP contribution in [0.1, 0.15) is 15.9 Å². The molecule has 3 aliphatic rings. The third kappa shape index (κ3) is 3.17. The number of ether oxygens (including phenoxy) is 2. The van der Waals surface area contributed by atoms with Crippen LogP contribution in [0.15, 0.2) is 54.6 Å². The summed E-state index contributed by atoms with van der Waals surface area (Å²) >= 11 is 0. The molecular formula is C25H24N3O4+. The second-order valence-electron chi connectivity index (χ2n) is 8.57. The van der Waals surface area contributed by atoms with E-state index in [2.05, 4.69) is 6.07 Å². The van der Waals surface area contributed by atoms with Crippen LogP contribution in [0.5, 0.6) is 11.5 Å². The highest BCUT2D eigenvalue weighted by Crippen LogP contribution is 2.37. The maximum absolute atomic E-state index is 13.1. The summed E-state index contributed by atoms with van der Waals surface area (Å²) < 4.78 is 10.9. The number of anilines is 1. The number of carbonyl (C=O) groups is 2. The number of nitrogens with zero attached hydrogens (tertiary/aromatic N) is 2. The van der Waals surface area contributed by atoms with E-state index in [0.29, 0.717) is 18.7 Å². The van der Waals surface area contributed by atoms with Crippen molar-refractivity contribution in [3.8, 4) is 11.5 Å². The summed E-state index contributed by atoms with van der Waals surface area (Å²) in [7, 11) is 0. The number of hydrogen-bond acceptors (Lipinski definition) is 4. The van der Waals surface area contributed by atoms with Gasteiger partial charge in [-0.3, -0.25) is 14.5 Å². The first kappa shape index (κ1) is 19.1. The summed E-state index contributed by atoms with van der Waals surface area (Å²) in [6.07, 6.45) is 0. The van der Waals surface area contributed by atoms with Crippen LogP contribution in [0.2, 0.25) is 0 Å². The zero-order chi connectivity index (χ0) is 21.7. The lowest BCUT2D eigenvalue weighted by atomic mass is 10.1. The van der Waals surface area contributed by atoms with Crippen molar-refractivity contribution in [2.45, 2.75) is 6.54 Å². The highest BCUT2D eigenvalue weighted by atomic mass is 16.7. The predicted octanol–water partition coefficient (Wildman–Crippen LogP) is 1.46. The molecule has 0 aliphatic carbocycles. The van der Waals surface area contributed by atoms with E-state index >= 15 is 0 Å². The van der Waals surface area contributed by atoms with Gasteiger partial charge in [0.25, 0.3) is 5.91 Å². The molecule has 0 aromatic heterocycles. The van der Waals surface area contributed by atoms with Gasteiger partial charge in [-0.05, 0) is 35.7 Å². The second kappa shape index (κ2) is 7.53. The lowest BCUT2D eigenvalue weighted by molar-refractivity contribution is -0.917. The lowest BCUT2D eigenvalue weighted by Crippen LogP contribution is -3.13. The molecule has 0 unspecified atom stereocenters. The number of hydrogen-bond donors (Lipinski definition) is 1. The molecule has 0 atom stereocenters. The number of nitrogens with one attached hydrogen (secondary N) is 1. The number of benzene rings is 3. The molecule has 0 spiro atoms. The molecule has 7 nitrogen and oxygen atoms in total. The van der Waals surface area contributed by atoms with Crippen molar-refractivity contribution in [1.82, 2.24) is 4.90 Å². The molecule has 3 heterocycles. The Morgan fingerprint density at radius 3 is 2.59 bits per heavy atom. The number of quaternary nitrogens is 1. The molecule has 1 fully saturated rings. The number of carbonyl (C=O) groups excluding carboxylic acids is 2. The highest BCUT2D eigenvalue weighted by molar-refractivity contribution is 6.26. The van der Waals surface area contributed by atoms with Gasteiger partial charge in [0.2, 0.25) is 12.7 Å². The summed E-state index contributed by atoms with van der Waals surface area (Å²) in [6.45, 7) is 4.40. The van der Waals surface area contributed by atoms with Gasteiger partial charge in [0.1, 0.15) is 13.1 Å². The Hall–Kier alpha value is -3.58. The van der Waals surface area contributed by atoms with Crippen molar-refractivity contribution in [3.63, 3.8) is 0 Å². The fourth-order valence-electron chi connectivity index (χ4n) is 4.96. The average Bonchev–Trinajstić information content (AvgIpc) is 3.39.